The van der Waals surface area contributed by atoms with Crippen molar-refractivity contribution in [1.82, 2.24) is 4.31 Å². The molecule has 1 aliphatic rings. The Morgan fingerprint density at radius 2 is 2.00 bits per heavy atom. The Kier molecular flexibility index (Phi) is 6.04. The molecule has 1 aliphatic heterocycles. The summed E-state index contributed by atoms with van der Waals surface area (Å²) >= 11 is 1.77. The second kappa shape index (κ2) is 8.45. The Bertz CT molecular complexity index is 708. The molecule has 25 heavy (non-hydrogen) atoms. The number of benzene rings is 1. The van der Waals surface area contributed by atoms with Gasteiger partial charge in [-0.1, -0.05) is 30.5 Å². The van der Waals surface area contributed by atoms with Gasteiger partial charge < -0.3 is 13.9 Å². The van der Waals surface area contributed by atoms with Crippen molar-refractivity contribution in [3.8, 4) is 16.9 Å². The van der Waals surface area contributed by atoms with Crippen LogP contribution in [-0.4, -0.2) is 37.6 Å². The smallest absolute Gasteiger partial charge is 0.341 e. The lowest BCUT2D eigenvalue weighted by Gasteiger charge is -2.25. The van der Waals surface area contributed by atoms with Gasteiger partial charge in [-0.25, -0.2) is 4.79 Å². The third kappa shape index (κ3) is 4.02. The first kappa shape index (κ1) is 17.9. The SMILES string of the molecule is COC(=O)c1c(CSN2CCCCC2)ccc(-c2ccoc2)c1OC. The fourth-order valence-electron chi connectivity index (χ4n) is 3.08. The van der Waals surface area contributed by atoms with E-state index in [-0.39, 0.29) is 5.97 Å². The van der Waals surface area contributed by atoms with Gasteiger partial charge in [0.15, 0.2) is 0 Å². The average molecular weight is 361 g/mol. The van der Waals surface area contributed by atoms with Gasteiger partial charge in [-0.2, -0.15) is 0 Å². The lowest BCUT2D eigenvalue weighted by molar-refractivity contribution is 0.0596. The molecule has 0 unspecified atom stereocenters. The number of piperidine rings is 1. The molecule has 0 spiro atoms. The molecule has 2 aromatic rings. The third-order valence-electron chi connectivity index (χ3n) is 4.39. The summed E-state index contributed by atoms with van der Waals surface area (Å²) in [6.07, 6.45) is 7.02. The number of esters is 1. The predicted molar refractivity (Wildman–Crippen MR) is 98.8 cm³/mol. The second-order valence-electron chi connectivity index (χ2n) is 5.95. The van der Waals surface area contributed by atoms with Crippen molar-refractivity contribution in [2.24, 2.45) is 0 Å². The van der Waals surface area contributed by atoms with Crippen molar-refractivity contribution in [2.75, 3.05) is 27.3 Å². The van der Waals surface area contributed by atoms with Gasteiger partial charge in [0.1, 0.15) is 11.3 Å². The minimum atomic E-state index is -0.378. The third-order valence-corrected chi connectivity index (χ3v) is 5.56. The largest absolute Gasteiger partial charge is 0.495 e. The first-order chi connectivity index (χ1) is 12.2. The average Bonchev–Trinajstić information content (AvgIpc) is 3.20. The van der Waals surface area contributed by atoms with Gasteiger partial charge in [0.25, 0.3) is 0 Å². The van der Waals surface area contributed by atoms with Gasteiger partial charge in [-0.3, -0.25) is 4.31 Å². The number of carbonyl (C=O) groups excluding carboxylic acids is 1. The molecule has 3 rings (SSSR count). The molecule has 1 aromatic carbocycles. The van der Waals surface area contributed by atoms with Crippen LogP contribution in [0.25, 0.3) is 11.1 Å². The number of rotatable bonds is 6. The van der Waals surface area contributed by atoms with E-state index in [1.807, 2.05) is 18.2 Å². The van der Waals surface area contributed by atoms with Gasteiger partial charge >= 0.3 is 5.97 Å². The summed E-state index contributed by atoms with van der Waals surface area (Å²) in [5, 5.41) is 0. The molecule has 134 valence electrons. The highest BCUT2D eigenvalue weighted by Crippen LogP contribution is 2.37. The highest BCUT2D eigenvalue weighted by Gasteiger charge is 2.23. The van der Waals surface area contributed by atoms with Gasteiger partial charge in [0.2, 0.25) is 0 Å². The summed E-state index contributed by atoms with van der Waals surface area (Å²) in [6, 6.07) is 5.80. The topological polar surface area (TPSA) is 51.9 Å². The molecule has 0 bridgehead atoms. The minimum Gasteiger partial charge on any atom is -0.495 e. The van der Waals surface area contributed by atoms with E-state index >= 15 is 0 Å². The molecule has 0 radical (unpaired) electrons. The number of carbonyl (C=O) groups is 1. The van der Waals surface area contributed by atoms with Gasteiger partial charge in [0.05, 0.1) is 26.7 Å². The van der Waals surface area contributed by atoms with E-state index in [0.29, 0.717) is 17.1 Å². The van der Waals surface area contributed by atoms with Crippen LogP contribution in [0, 0.1) is 0 Å². The van der Waals surface area contributed by atoms with E-state index < -0.39 is 0 Å². The Hall–Kier alpha value is -1.92. The lowest BCUT2D eigenvalue weighted by Crippen LogP contribution is -2.23. The van der Waals surface area contributed by atoms with Gasteiger partial charge in [-0.05, 0) is 24.5 Å². The number of furan rings is 1. The second-order valence-corrected chi connectivity index (χ2v) is 7.01. The number of methoxy groups -OCH3 is 2. The van der Waals surface area contributed by atoms with Crippen molar-refractivity contribution in [3.05, 3.63) is 41.9 Å². The van der Waals surface area contributed by atoms with Crippen LogP contribution in [0.2, 0.25) is 0 Å². The van der Waals surface area contributed by atoms with Crippen LogP contribution in [-0.2, 0) is 10.5 Å². The normalized spacial score (nSPS) is 15.1. The first-order valence-corrected chi connectivity index (χ1v) is 9.37. The van der Waals surface area contributed by atoms with Crippen molar-refractivity contribution >= 4 is 17.9 Å². The van der Waals surface area contributed by atoms with Crippen molar-refractivity contribution in [3.63, 3.8) is 0 Å². The Morgan fingerprint density at radius 3 is 2.64 bits per heavy atom. The number of nitrogens with zero attached hydrogens (tertiary/aromatic N) is 1. The van der Waals surface area contributed by atoms with E-state index in [1.54, 1.807) is 31.6 Å². The summed E-state index contributed by atoms with van der Waals surface area (Å²) in [4.78, 5) is 12.4. The molecule has 0 aliphatic carbocycles. The van der Waals surface area contributed by atoms with E-state index in [9.17, 15) is 4.79 Å². The summed E-state index contributed by atoms with van der Waals surface area (Å²) in [6.45, 7) is 2.20. The van der Waals surface area contributed by atoms with Crippen LogP contribution >= 0.6 is 11.9 Å². The van der Waals surface area contributed by atoms with Crippen LogP contribution in [0.5, 0.6) is 5.75 Å². The molecule has 1 saturated heterocycles. The molecule has 0 atom stereocenters. The molecule has 5 nitrogen and oxygen atoms in total. The highest BCUT2D eigenvalue weighted by molar-refractivity contribution is 7.96. The summed E-state index contributed by atoms with van der Waals surface area (Å²) in [5.41, 5.74) is 3.11. The van der Waals surface area contributed by atoms with Crippen LogP contribution in [0.15, 0.2) is 35.1 Å². The van der Waals surface area contributed by atoms with Crippen molar-refractivity contribution in [2.45, 2.75) is 25.0 Å². The Labute approximate surface area is 152 Å². The van der Waals surface area contributed by atoms with E-state index in [1.165, 1.54) is 26.4 Å². The summed E-state index contributed by atoms with van der Waals surface area (Å²) in [5.74, 6) is 0.869. The van der Waals surface area contributed by atoms with Gasteiger partial charge in [0, 0.05) is 30.0 Å². The first-order valence-electron chi connectivity index (χ1n) is 8.43. The molecular formula is C19H23NO4S. The van der Waals surface area contributed by atoms with Crippen molar-refractivity contribution in [1.29, 1.82) is 0 Å². The van der Waals surface area contributed by atoms with Crippen LogP contribution in [0.3, 0.4) is 0 Å². The number of hydrogen-bond donors (Lipinski definition) is 0. The van der Waals surface area contributed by atoms with Crippen LogP contribution < -0.4 is 4.74 Å². The van der Waals surface area contributed by atoms with Gasteiger partial charge in [-0.15, -0.1) is 0 Å². The zero-order chi connectivity index (χ0) is 17.6. The molecule has 1 fully saturated rings. The zero-order valence-corrected chi connectivity index (χ0v) is 15.4. The quantitative estimate of drug-likeness (QED) is 0.562. The molecular weight excluding hydrogens is 338 g/mol. The summed E-state index contributed by atoms with van der Waals surface area (Å²) in [7, 11) is 2.97. The molecule has 0 saturated carbocycles. The molecule has 6 heteroatoms. The molecule has 0 N–H and O–H groups in total. The Morgan fingerprint density at radius 1 is 1.20 bits per heavy atom. The lowest BCUT2D eigenvalue weighted by atomic mass is 9.99. The maximum atomic E-state index is 12.4. The molecule has 1 aromatic heterocycles. The predicted octanol–water partition coefficient (Wildman–Crippen LogP) is 4.38. The monoisotopic (exact) mass is 361 g/mol. The molecule has 0 amide bonds. The number of ether oxygens (including phenoxy) is 2. The van der Waals surface area contributed by atoms with Crippen LogP contribution in [0.4, 0.5) is 0 Å². The Balaban J connectivity index is 1.92. The van der Waals surface area contributed by atoms with E-state index in [2.05, 4.69) is 4.31 Å². The number of hydrogen-bond acceptors (Lipinski definition) is 6. The van der Waals surface area contributed by atoms with Crippen molar-refractivity contribution < 1.29 is 18.7 Å². The van der Waals surface area contributed by atoms with E-state index in [4.69, 9.17) is 13.9 Å². The van der Waals surface area contributed by atoms with E-state index in [0.717, 1.165) is 29.8 Å². The standard InChI is InChI=1S/C19H23NO4S/c1-22-18-16(14-8-11-24-12-14)7-6-15(17(18)19(21)23-2)13-25-20-9-4-3-5-10-20/h6-8,11-12H,3-5,9-10,13H2,1-2H3. The minimum absolute atomic E-state index is 0.378. The summed E-state index contributed by atoms with van der Waals surface area (Å²) < 4.78 is 18.2. The fourth-order valence-corrected chi connectivity index (χ4v) is 4.16. The maximum Gasteiger partial charge on any atom is 0.341 e. The fraction of sp³-hybridized carbons (Fsp3) is 0.421. The zero-order valence-electron chi connectivity index (χ0n) is 14.6. The highest BCUT2D eigenvalue weighted by atomic mass is 32.2. The van der Waals surface area contributed by atoms with Crippen LogP contribution in [0.1, 0.15) is 35.2 Å². The molecule has 2 heterocycles. The maximum absolute atomic E-state index is 12.4.